The number of ether oxygens (including phenoxy) is 2. The minimum absolute atomic E-state index is 0.148. The van der Waals surface area contributed by atoms with Crippen LogP contribution in [0.15, 0.2) is 18.2 Å². The van der Waals surface area contributed by atoms with Crippen LogP contribution in [0.5, 0.6) is 5.75 Å². The van der Waals surface area contributed by atoms with Crippen molar-refractivity contribution in [3.8, 4) is 5.75 Å². The van der Waals surface area contributed by atoms with Crippen LogP contribution in [0.1, 0.15) is 26.3 Å². The molecule has 0 fully saturated rings. The van der Waals surface area contributed by atoms with Crippen LogP contribution < -0.4 is 4.74 Å². The quantitative estimate of drug-likeness (QED) is 0.717. The predicted octanol–water partition coefficient (Wildman–Crippen LogP) is 3.11. The van der Waals surface area contributed by atoms with Crippen molar-refractivity contribution in [2.75, 3.05) is 13.9 Å². The second-order valence-corrected chi connectivity index (χ2v) is 4.44. The molecule has 2 nitrogen and oxygen atoms in total. The van der Waals surface area contributed by atoms with Gasteiger partial charge in [0.1, 0.15) is 11.6 Å². The molecule has 0 unspecified atom stereocenters. The van der Waals surface area contributed by atoms with Gasteiger partial charge in [0.2, 0.25) is 0 Å². The average Bonchev–Trinajstić information content (AvgIpc) is 2.14. The maximum atomic E-state index is 13.1. The number of hydrogen-bond donors (Lipinski definition) is 0. The fraction of sp³-hybridized carbons (Fsp3) is 0.500. The Kier molecular flexibility index (Phi) is 3.69. The van der Waals surface area contributed by atoms with Gasteiger partial charge in [-0.1, -0.05) is 20.8 Å². The van der Waals surface area contributed by atoms with E-state index in [0.29, 0.717) is 5.75 Å². The van der Waals surface area contributed by atoms with E-state index in [4.69, 9.17) is 9.47 Å². The lowest BCUT2D eigenvalue weighted by molar-refractivity contribution is 0.0497. The minimum Gasteiger partial charge on any atom is -0.467 e. The lowest BCUT2D eigenvalue weighted by Gasteiger charge is -2.22. The highest BCUT2D eigenvalue weighted by atomic mass is 19.1. The van der Waals surface area contributed by atoms with Crippen LogP contribution in [0.2, 0.25) is 0 Å². The van der Waals surface area contributed by atoms with Gasteiger partial charge in [-0.3, -0.25) is 0 Å². The van der Waals surface area contributed by atoms with Crippen LogP contribution in [0.4, 0.5) is 4.39 Å². The molecule has 0 heterocycles. The molecule has 1 aromatic carbocycles. The van der Waals surface area contributed by atoms with E-state index in [1.165, 1.54) is 12.1 Å². The first-order chi connectivity index (χ1) is 6.95. The summed E-state index contributed by atoms with van der Waals surface area (Å²) in [6.45, 7) is 6.22. The van der Waals surface area contributed by atoms with Crippen molar-refractivity contribution < 1.29 is 13.9 Å². The Morgan fingerprint density at radius 1 is 1.27 bits per heavy atom. The van der Waals surface area contributed by atoms with Gasteiger partial charge in [0.05, 0.1) is 0 Å². The van der Waals surface area contributed by atoms with Gasteiger partial charge >= 0.3 is 0 Å². The van der Waals surface area contributed by atoms with Gasteiger partial charge in [0, 0.05) is 12.7 Å². The molecule has 3 heteroatoms. The zero-order chi connectivity index (χ0) is 11.5. The molecule has 0 aliphatic rings. The van der Waals surface area contributed by atoms with Crippen molar-refractivity contribution in [3.63, 3.8) is 0 Å². The second-order valence-electron chi connectivity index (χ2n) is 4.44. The number of hydrogen-bond acceptors (Lipinski definition) is 2. The molecule has 0 bridgehead atoms. The van der Waals surface area contributed by atoms with E-state index in [-0.39, 0.29) is 18.0 Å². The Balaban J connectivity index is 3.04. The Labute approximate surface area is 90.0 Å². The molecule has 15 heavy (non-hydrogen) atoms. The standard InChI is InChI=1S/C12H17FO2/c1-12(2,3)10-7-9(13)5-6-11(10)15-8-14-4/h5-7H,8H2,1-4H3. The number of halogens is 1. The Morgan fingerprint density at radius 3 is 2.47 bits per heavy atom. The molecule has 1 aromatic rings. The van der Waals surface area contributed by atoms with E-state index >= 15 is 0 Å². The van der Waals surface area contributed by atoms with Crippen LogP contribution in [0.25, 0.3) is 0 Å². The summed E-state index contributed by atoms with van der Waals surface area (Å²) in [5.41, 5.74) is 0.699. The lowest BCUT2D eigenvalue weighted by atomic mass is 9.86. The molecule has 0 N–H and O–H groups in total. The van der Waals surface area contributed by atoms with E-state index in [1.54, 1.807) is 13.2 Å². The molecule has 0 saturated carbocycles. The smallest absolute Gasteiger partial charge is 0.188 e. The minimum atomic E-state index is -0.246. The third-order valence-electron chi connectivity index (χ3n) is 2.08. The fourth-order valence-corrected chi connectivity index (χ4v) is 1.34. The van der Waals surface area contributed by atoms with Crippen molar-refractivity contribution in [2.24, 2.45) is 0 Å². The predicted molar refractivity (Wildman–Crippen MR) is 57.6 cm³/mol. The first-order valence-corrected chi connectivity index (χ1v) is 4.87. The van der Waals surface area contributed by atoms with E-state index in [2.05, 4.69) is 0 Å². The molecule has 0 aliphatic heterocycles. The van der Waals surface area contributed by atoms with Crippen molar-refractivity contribution in [3.05, 3.63) is 29.6 Å². The van der Waals surface area contributed by atoms with Crippen LogP contribution in [0.3, 0.4) is 0 Å². The zero-order valence-corrected chi connectivity index (χ0v) is 9.63. The molecule has 84 valence electrons. The summed E-state index contributed by atoms with van der Waals surface area (Å²) < 4.78 is 23.3. The van der Waals surface area contributed by atoms with Gasteiger partial charge in [0.15, 0.2) is 6.79 Å². The molecule has 0 aliphatic carbocycles. The first-order valence-electron chi connectivity index (χ1n) is 4.87. The van der Waals surface area contributed by atoms with Crippen LogP contribution in [0, 0.1) is 5.82 Å². The lowest BCUT2D eigenvalue weighted by Crippen LogP contribution is -2.14. The highest BCUT2D eigenvalue weighted by Crippen LogP contribution is 2.31. The third kappa shape index (κ3) is 3.20. The van der Waals surface area contributed by atoms with Crippen molar-refractivity contribution in [2.45, 2.75) is 26.2 Å². The summed E-state index contributed by atoms with van der Waals surface area (Å²) >= 11 is 0. The monoisotopic (exact) mass is 212 g/mol. The average molecular weight is 212 g/mol. The highest BCUT2D eigenvalue weighted by Gasteiger charge is 2.19. The summed E-state index contributed by atoms with van der Waals surface area (Å²) in [5.74, 6) is 0.426. The maximum Gasteiger partial charge on any atom is 0.188 e. The van der Waals surface area contributed by atoms with Crippen LogP contribution >= 0.6 is 0 Å². The van der Waals surface area contributed by atoms with Gasteiger partial charge in [-0.2, -0.15) is 0 Å². The number of benzene rings is 1. The van der Waals surface area contributed by atoms with E-state index in [9.17, 15) is 4.39 Å². The summed E-state index contributed by atoms with van der Waals surface area (Å²) in [6, 6.07) is 4.53. The summed E-state index contributed by atoms with van der Waals surface area (Å²) in [4.78, 5) is 0. The molecule has 0 radical (unpaired) electrons. The molecule has 0 atom stereocenters. The largest absolute Gasteiger partial charge is 0.467 e. The molecule has 0 amide bonds. The third-order valence-corrected chi connectivity index (χ3v) is 2.08. The van der Waals surface area contributed by atoms with Gasteiger partial charge in [-0.15, -0.1) is 0 Å². The molecule has 0 aromatic heterocycles. The number of rotatable bonds is 3. The van der Waals surface area contributed by atoms with Gasteiger partial charge < -0.3 is 9.47 Å². The molecular weight excluding hydrogens is 195 g/mol. The zero-order valence-electron chi connectivity index (χ0n) is 9.63. The van der Waals surface area contributed by atoms with Crippen LogP contribution in [-0.2, 0) is 10.2 Å². The topological polar surface area (TPSA) is 18.5 Å². The Bertz CT molecular complexity index is 329. The van der Waals surface area contributed by atoms with Gasteiger partial charge in [-0.05, 0) is 23.6 Å². The van der Waals surface area contributed by atoms with E-state index in [1.807, 2.05) is 20.8 Å². The first kappa shape index (κ1) is 12.0. The summed E-state index contributed by atoms with van der Waals surface area (Å²) in [5, 5.41) is 0. The molecular formula is C12H17FO2. The second kappa shape index (κ2) is 4.62. The van der Waals surface area contributed by atoms with Crippen LogP contribution in [-0.4, -0.2) is 13.9 Å². The highest BCUT2D eigenvalue weighted by molar-refractivity contribution is 5.38. The van der Waals surface area contributed by atoms with Crippen molar-refractivity contribution in [1.82, 2.24) is 0 Å². The Hall–Kier alpha value is -1.09. The molecule has 1 rings (SSSR count). The molecule has 0 spiro atoms. The number of methoxy groups -OCH3 is 1. The van der Waals surface area contributed by atoms with Gasteiger partial charge in [0.25, 0.3) is 0 Å². The summed E-state index contributed by atoms with van der Waals surface area (Å²) in [7, 11) is 1.56. The van der Waals surface area contributed by atoms with Crippen molar-refractivity contribution in [1.29, 1.82) is 0 Å². The normalized spacial score (nSPS) is 11.5. The van der Waals surface area contributed by atoms with Crippen molar-refractivity contribution >= 4 is 0 Å². The fourth-order valence-electron chi connectivity index (χ4n) is 1.34. The summed E-state index contributed by atoms with van der Waals surface area (Å²) in [6.07, 6.45) is 0. The van der Waals surface area contributed by atoms with E-state index in [0.717, 1.165) is 5.56 Å². The Morgan fingerprint density at radius 2 is 1.93 bits per heavy atom. The SMILES string of the molecule is COCOc1ccc(F)cc1C(C)(C)C. The van der Waals surface area contributed by atoms with E-state index < -0.39 is 0 Å². The maximum absolute atomic E-state index is 13.1. The molecule has 0 saturated heterocycles. The van der Waals surface area contributed by atoms with Gasteiger partial charge in [-0.25, -0.2) is 4.39 Å².